The molecule has 1 spiro atoms. The third kappa shape index (κ3) is 8.95. The number of allylic oxidation sites excluding steroid dienone is 1. The zero-order chi connectivity index (χ0) is 43.5. The molecule has 2 saturated carbocycles. The van der Waals surface area contributed by atoms with Gasteiger partial charge in [0.05, 0.1) is 35.5 Å². The number of carbonyl (C=O) groups is 4. The molecule has 328 valence electrons. The number of carbonyl (C=O) groups excluding carboxylic acids is 4. The zero-order valence-corrected chi connectivity index (χ0v) is 35.4. The maximum Gasteiger partial charge on any atom is 0.573 e. The second kappa shape index (κ2) is 15.8. The van der Waals surface area contributed by atoms with Crippen LogP contribution in [-0.4, -0.2) is 96.1 Å². The van der Waals surface area contributed by atoms with Crippen molar-refractivity contribution in [2.75, 3.05) is 20.3 Å². The monoisotopic (exact) mass is 862 g/mol. The Morgan fingerprint density at radius 2 is 1.85 bits per heavy atom. The first-order chi connectivity index (χ1) is 28.1. The molecule has 2 N–H and O–H groups in total. The van der Waals surface area contributed by atoms with E-state index in [-0.39, 0.29) is 38.8 Å². The Bertz CT molecular complexity index is 2210. The summed E-state index contributed by atoms with van der Waals surface area (Å²) >= 11 is 0. The third-order valence-electron chi connectivity index (χ3n) is 12.6. The molecule has 3 fully saturated rings. The molecule has 2 aliphatic carbocycles. The second-order valence-corrected chi connectivity index (χ2v) is 20.2. The van der Waals surface area contributed by atoms with Gasteiger partial charge in [-0.1, -0.05) is 25.0 Å². The number of halogens is 3. The van der Waals surface area contributed by atoms with Gasteiger partial charge in [-0.15, -0.1) is 13.2 Å². The van der Waals surface area contributed by atoms with E-state index in [0.29, 0.717) is 66.4 Å². The van der Waals surface area contributed by atoms with Crippen molar-refractivity contribution < 1.29 is 59.7 Å². The number of fused-ring (bicyclic) bond motifs is 5. The van der Waals surface area contributed by atoms with Crippen molar-refractivity contribution in [3.05, 3.63) is 41.6 Å². The molecule has 7 rings (SSSR count). The van der Waals surface area contributed by atoms with Crippen molar-refractivity contribution in [3.8, 4) is 11.5 Å². The fraction of sp³-hybridized carbons (Fsp3) is 0.643. The van der Waals surface area contributed by atoms with Gasteiger partial charge in [0.1, 0.15) is 34.3 Å². The topological polar surface area (TPSA) is 180 Å². The number of aromatic nitrogens is 1. The minimum Gasteiger partial charge on any atom is -0.483 e. The average molecular weight is 863 g/mol. The van der Waals surface area contributed by atoms with Crippen LogP contribution in [0.2, 0.25) is 0 Å². The number of hydrogen-bond acceptors (Lipinski definition) is 11. The molecule has 3 amide bonds. The number of esters is 1. The van der Waals surface area contributed by atoms with Crippen LogP contribution < -0.4 is 19.5 Å². The van der Waals surface area contributed by atoms with Crippen molar-refractivity contribution in [2.24, 2.45) is 11.8 Å². The van der Waals surface area contributed by atoms with Crippen LogP contribution in [0.15, 0.2) is 30.4 Å². The molecule has 1 aromatic heterocycles. The largest absolute Gasteiger partial charge is 0.573 e. The highest BCUT2D eigenvalue weighted by molar-refractivity contribution is 7.91. The Morgan fingerprint density at radius 1 is 1.10 bits per heavy atom. The fourth-order valence-electron chi connectivity index (χ4n) is 8.93. The minimum atomic E-state index is -4.91. The van der Waals surface area contributed by atoms with Crippen LogP contribution in [0.1, 0.15) is 103 Å². The van der Waals surface area contributed by atoms with Gasteiger partial charge in [-0.25, -0.2) is 13.4 Å². The third-order valence-corrected chi connectivity index (χ3v) is 14.7. The number of nitrogens with one attached hydrogen (secondary N) is 2. The van der Waals surface area contributed by atoms with Crippen LogP contribution in [0.4, 0.5) is 13.2 Å². The van der Waals surface area contributed by atoms with E-state index in [9.17, 15) is 40.8 Å². The molecule has 0 unspecified atom stereocenters. The number of hydrogen-bond donors (Lipinski definition) is 2. The lowest BCUT2D eigenvalue weighted by Gasteiger charge is -2.36. The van der Waals surface area contributed by atoms with Crippen molar-refractivity contribution >= 4 is 44.6 Å². The van der Waals surface area contributed by atoms with Crippen molar-refractivity contribution in [3.63, 3.8) is 0 Å². The standard InChI is InChI=1S/C42H53F3N4O10S/c1-25-34-29(30-20-28(57-42(43,44)45)13-14-31(30)46-25)15-16-40(59-34)22-32-35(51)47-41(37(53)48-60(54,55)39(4)17-18-39)21-27(41)12-10-8-6-7-9-11-26(36(52)49(32)23-40)19-33(50)58-38(2,3)24-56-5/h10,12-14,20,26-27,32H,6-9,11,15-19,21-24H2,1-5H3,(H,47,51)(H,48,53)/b12-10-/t26-,27-,32+,40-,41-/m1/s1. The number of aryl methyl sites for hydroxylation is 2. The minimum absolute atomic E-state index is 0.0364. The van der Waals surface area contributed by atoms with Crippen LogP contribution in [0.5, 0.6) is 11.5 Å². The van der Waals surface area contributed by atoms with E-state index in [4.69, 9.17) is 14.2 Å². The average Bonchev–Trinajstić information content (AvgIpc) is 4.04. The molecule has 5 aliphatic rings. The molecule has 4 heterocycles. The lowest BCUT2D eigenvalue weighted by Crippen LogP contribution is -2.57. The van der Waals surface area contributed by atoms with Crippen LogP contribution in [0, 0.1) is 18.8 Å². The number of amides is 3. The number of methoxy groups -OCH3 is 1. The van der Waals surface area contributed by atoms with Crippen LogP contribution >= 0.6 is 0 Å². The van der Waals surface area contributed by atoms with E-state index in [2.05, 4.69) is 19.8 Å². The van der Waals surface area contributed by atoms with Gasteiger partial charge in [-0.2, -0.15) is 0 Å². The Labute approximate surface area is 347 Å². The van der Waals surface area contributed by atoms with Gasteiger partial charge in [-0.3, -0.25) is 23.9 Å². The fourth-order valence-corrected chi connectivity index (χ4v) is 10.2. The molecule has 60 heavy (non-hydrogen) atoms. The van der Waals surface area contributed by atoms with Gasteiger partial charge in [0, 0.05) is 36.3 Å². The summed E-state index contributed by atoms with van der Waals surface area (Å²) in [4.78, 5) is 63.0. The first-order valence-electron chi connectivity index (χ1n) is 20.5. The molecule has 2 aromatic rings. The molecule has 3 aliphatic heterocycles. The van der Waals surface area contributed by atoms with Gasteiger partial charge in [-0.05, 0) is 97.3 Å². The van der Waals surface area contributed by atoms with Gasteiger partial charge in [0.25, 0.3) is 5.91 Å². The summed E-state index contributed by atoms with van der Waals surface area (Å²) in [5, 5.41) is 3.29. The zero-order valence-electron chi connectivity index (χ0n) is 34.5. The smallest absolute Gasteiger partial charge is 0.483 e. The van der Waals surface area contributed by atoms with Crippen LogP contribution in [-0.2, 0) is 45.1 Å². The highest BCUT2D eigenvalue weighted by Crippen LogP contribution is 2.49. The summed E-state index contributed by atoms with van der Waals surface area (Å²) in [6.45, 7) is 6.69. The summed E-state index contributed by atoms with van der Waals surface area (Å²) in [6, 6.07) is 2.68. The lowest BCUT2D eigenvalue weighted by atomic mass is 9.87. The highest BCUT2D eigenvalue weighted by atomic mass is 32.2. The predicted octanol–water partition coefficient (Wildman–Crippen LogP) is 5.47. The normalized spacial score (nSPS) is 28.5. The molecule has 5 atom stereocenters. The Kier molecular flexibility index (Phi) is 11.5. The first-order valence-corrected chi connectivity index (χ1v) is 22.0. The molecule has 0 bridgehead atoms. The quantitative estimate of drug-likeness (QED) is 0.241. The molecule has 18 heteroatoms. The van der Waals surface area contributed by atoms with E-state index < -0.39 is 85.2 Å². The number of alkyl halides is 3. The molecule has 0 radical (unpaired) electrons. The lowest BCUT2D eigenvalue weighted by molar-refractivity contribution is -0.274. The van der Waals surface area contributed by atoms with Crippen molar-refractivity contribution in [2.45, 2.75) is 139 Å². The van der Waals surface area contributed by atoms with E-state index in [1.54, 1.807) is 27.7 Å². The van der Waals surface area contributed by atoms with Gasteiger partial charge >= 0.3 is 12.3 Å². The number of pyridine rings is 1. The summed E-state index contributed by atoms with van der Waals surface area (Å²) in [7, 11) is -2.57. The van der Waals surface area contributed by atoms with Crippen LogP contribution in [0.25, 0.3) is 10.9 Å². The maximum atomic E-state index is 14.9. The summed E-state index contributed by atoms with van der Waals surface area (Å²) in [5.74, 6) is -4.11. The van der Waals surface area contributed by atoms with Gasteiger partial charge in [0.15, 0.2) is 0 Å². The molecule has 14 nitrogen and oxygen atoms in total. The molecule has 1 aromatic carbocycles. The predicted molar refractivity (Wildman–Crippen MR) is 211 cm³/mol. The number of benzene rings is 1. The van der Waals surface area contributed by atoms with Crippen LogP contribution in [0.3, 0.4) is 0 Å². The molecule has 1 saturated heterocycles. The Hall–Kier alpha value is -4.45. The SMILES string of the molecule is COCC(C)(C)OC(=O)C[C@H]1CCCCC/C=C\[C@@H]2C[C@@]2(C(=O)NS(=O)(=O)C2(C)CC2)NC(=O)[C@@H]2C[C@]3(CCc4c(c(C)nc5ccc(OC(F)(F)F)cc45)O3)CN2C1=O. The number of ether oxygens (including phenoxy) is 4. The van der Waals surface area contributed by atoms with Gasteiger partial charge in [0.2, 0.25) is 21.8 Å². The van der Waals surface area contributed by atoms with Gasteiger partial charge < -0.3 is 29.2 Å². The number of rotatable bonds is 9. The maximum absolute atomic E-state index is 14.9. The Morgan fingerprint density at radius 3 is 2.55 bits per heavy atom. The molecular weight excluding hydrogens is 810 g/mol. The Balaban J connectivity index is 1.23. The summed E-state index contributed by atoms with van der Waals surface area (Å²) in [5.41, 5.74) is -2.25. The highest BCUT2D eigenvalue weighted by Gasteiger charge is 2.64. The summed E-state index contributed by atoms with van der Waals surface area (Å²) < 4.78 is 89.0. The van der Waals surface area contributed by atoms with E-state index in [0.717, 1.165) is 12.8 Å². The van der Waals surface area contributed by atoms with Crippen molar-refractivity contribution in [1.29, 1.82) is 0 Å². The summed E-state index contributed by atoms with van der Waals surface area (Å²) in [6.07, 6.45) is 3.08. The number of nitrogens with zero attached hydrogens (tertiary/aromatic N) is 2. The van der Waals surface area contributed by atoms with E-state index in [1.807, 2.05) is 12.2 Å². The second-order valence-electron chi connectivity index (χ2n) is 18.0. The first kappa shape index (κ1) is 43.6. The van der Waals surface area contributed by atoms with E-state index in [1.165, 1.54) is 30.2 Å². The van der Waals surface area contributed by atoms with Crippen molar-refractivity contribution in [1.82, 2.24) is 19.9 Å². The van der Waals surface area contributed by atoms with E-state index >= 15 is 0 Å². The molecular formula is C42H53F3N4O10S. The number of sulfonamides is 1.